The largest absolute Gasteiger partial charge is 0.440 e. The normalized spacial score (nSPS) is 11.4. The van der Waals surface area contributed by atoms with Gasteiger partial charge in [0, 0.05) is 5.56 Å². The van der Waals surface area contributed by atoms with Crippen LogP contribution in [0.2, 0.25) is 5.22 Å². The summed E-state index contributed by atoms with van der Waals surface area (Å²) in [4.78, 5) is 12.0. The van der Waals surface area contributed by atoms with E-state index in [2.05, 4.69) is 10.5 Å². The van der Waals surface area contributed by atoms with Crippen molar-refractivity contribution in [2.24, 2.45) is 10.9 Å². The summed E-state index contributed by atoms with van der Waals surface area (Å²) in [5, 5.41) is 14.5. The van der Waals surface area contributed by atoms with Crippen molar-refractivity contribution in [3.63, 3.8) is 0 Å². The Morgan fingerprint density at radius 1 is 1.40 bits per heavy atom. The summed E-state index contributed by atoms with van der Waals surface area (Å²) < 4.78 is 5.02. The molecule has 0 aliphatic rings. The van der Waals surface area contributed by atoms with E-state index in [0.29, 0.717) is 11.3 Å². The van der Waals surface area contributed by atoms with Gasteiger partial charge in [-0.15, -0.1) is 0 Å². The van der Waals surface area contributed by atoms with Crippen molar-refractivity contribution in [3.8, 4) is 0 Å². The Hall–Kier alpha value is -2.47. The molecule has 2 aromatic rings. The lowest BCUT2D eigenvalue weighted by Gasteiger charge is -2.11. The maximum absolute atomic E-state index is 12.0. The number of amidine groups is 1. The smallest absolute Gasteiger partial charge is 0.291 e. The van der Waals surface area contributed by atoms with E-state index in [0.717, 1.165) is 5.56 Å². The molecule has 6 nitrogen and oxygen atoms in total. The first-order chi connectivity index (χ1) is 9.52. The van der Waals surface area contributed by atoms with Crippen LogP contribution in [-0.4, -0.2) is 17.0 Å². The van der Waals surface area contributed by atoms with Crippen molar-refractivity contribution in [2.75, 3.05) is 5.32 Å². The fraction of sp³-hybridized carbons (Fsp3) is 0.0769. The van der Waals surface area contributed by atoms with Gasteiger partial charge in [0.05, 0.1) is 5.69 Å². The van der Waals surface area contributed by atoms with E-state index in [4.69, 9.17) is 27.0 Å². The molecule has 0 saturated carbocycles. The molecule has 1 amide bonds. The fourth-order valence-electron chi connectivity index (χ4n) is 1.78. The van der Waals surface area contributed by atoms with Crippen LogP contribution in [0.4, 0.5) is 5.69 Å². The number of carbonyl (C=O) groups excluding carboxylic acids is 1. The molecule has 104 valence electrons. The maximum Gasteiger partial charge on any atom is 0.291 e. The van der Waals surface area contributed by atoms with Crippen LogP contribution >= 0.6 is 11.6 Å². The second-order valence-electron chi connectivity index (χ2n) is 4.04. The number of rotatable bonds is 3. The average Bonchev–Trinajstić information content (AvgIpc) is 2.85. The molecule has 20 heavy (non-hydrogen) atoms. The third kappa shape index (κ3) is 2.75. The van der Waals surface area contributed by atoms with E-state index in [1.165, 1.54) is 12.1 Å². The summed E-state index contributed by atoms with van der Waals surface area (Å²) in [7, 11) is 0. The fourth-order valence-corrected chi connectivity index (χ4v) is 1.93. The monoisotopic (exact) mass is 293 g/mol. The van der Waals surface area contributed by atoms with Gasteiger partial charge in [-0.05, 0) is 42.3 Å². The van der Waals surface area contributed by atoms with Crippen LogP contribution < -0.4 is 11.1 Å². The van der Waals surface area contributed by atoms with Gasteiger partial charge in [0.1, 0.15) is 0 Å². The molecule has 1 heterocycles. The Morgan fingerprint density at radius 3 is 2.75 bits per heavy atom. The maximum atomic E-state index is 12.0. The Bertz CT molecular complexity index is 679. The van der Waals surface area contributed by atoms with Crippen LogP contribution in [0.25, 0.3) is 0 Å². The van der Waals surface area contributed by atoms with E-state index >= 15 is 0 Å². The second kappa shape index (κ2) is 5.66. The molecule has 0 bridgehead atoms. The minimum Gasteiger partial charge on any atom is -0.440 e. The van der Waals surface area contributed by atoms with Crippen LogP contribution in [0.3, 0.4) is 0 Å². The zero-order valence-electron chi connectivity index (χ0n) is 10.6. The van der Waals surface area contributed by atoms with Crippen molar-refractivity contribution < 1.29 is 14.4 Å². The lowest BCUT2D eigenvalue weighted by molar-refractivity contribution is 0.0996. The molecule has 0 unspecified atom stereocenters. The second-order valence-corrected chi connectivity index (χ2v) is 4.41. The van der Waals surface area contributed by atoms with Crippen molar-refractivity contribution in [1.82, 2.24) is 0 Å². The Morgan fingerprint density at radius 2 is 2.15 bits per heavy atom. The first-order valence-corrected chi connectivity index (χ1v) is 6.05. The number of hydrogen-bond donors (Lipinski definition) is 3. The summed E-state index contributed by atoms with van der Waals surface area (Å²) in [6.07, 6.45) is 0. The van der Waals surface area contributed by atoms with Gasteiger partial charge in [0.15, 0.2) is 16.8 Å². The lowest BCUT2D eigenvalue weighted by Crippen LogP contribution is -2.20. The first-order valence-electron chi connectivity index (χ1n) is 5.67. The number of furan rings is 1. The molecule has 2 rings (SSSR count). The molecule has 7 heteroatoms. The number of oxime groups is 1. The number of aryl methyl sites for hydroxylation is 1. The molecule has 0 atom stereocenters. The SMILES string of the molecule is Cc1cccc(NC(=O)c2ccc(Cl)o2)c1/C(N)=N/O. The molecular formula is C13H12ClN3O3. The van der Waals surface area contributed by atoms with Crippen molar-refractivity contribution in [3.05, 3.63) is 52.4 Å². The summed E-state index contributed by atoms with van der Waals surface area (Å²) >= 11 is 5.62. The molecule has 0 saturated heterocycles. The third-order valence-electron chi connectivity index (χ3n) is 2.68. The Balaban J connectivity index is 2.34. The van der Waals surface area contributed by atoms with Gasteiger partial charge < -0.3 is 20.7 Å². The highest BCUT2D eigenvalue weighted by atomic mass is 35.5. The third-order valence-corrected chi connectivity index (χ3v) is 2.89. The zero-order valence-corrected chi connectivity index (χ0v) is 11.3. The highest BCUT2D eigenvalue weighted by Gasteiger charge is 2.15. The molecule has 0 aliphatic heterocycles. The predicted octanol–water partition coefficient (Wildman–Crippen LogP) is 2.59. The van der Waals surface area contributed by atoms with Crippen molar-refractivity contribution in [2.45, 2.75) is 6.92 Å². The first kappa shape index (κ1) is 14.0. The van der Waals surface area contributed by atoms with Gasteiger partial charge in [-0.3, -0.25) is 4.79 Å². The number of hydrogen-bond acceptors (Lipinski definition) is 4. The van der Waals surface area contributed by atoms with Crippen LogP contribution in [0.1, 0.15) is 21.7 Å². The molecule has 1 aromatic carbocycles. The number of nitrogens with two attached hydrogens (primary N) is 1. The van der Waals surface area contributed by atoms with Crippen LogP contribution in [0.15, 0.2) is 39.9 Å². The zero-order chi connectivity index (χ0) is 14.7. The number of nitrogens with zero attached hydrogens (tertiary/aromatic N) is 1. The summed E-state index contributed by atoms with van der Waals surface area (Å²) in [5.74, 6) is -0.493. The average molecular weight is 294 g/mol. The van der Waals surface area contributed by atoms with E-state index in [9.17, 15) is 4.79 Å². The number of carbonyl (C=O) groups is 1. The van der Waals surface area contributed by atoms with Gasteiger partial charge >= 0.3 is 0 Å². The lowest BCUT2D eigenvalue weighted by atomic mass is 10.1. The van der Waals surface area contributed by atoms with E-state index in [1.807, 2.05) is 0 Å². The highest BCUT2D eigenvalue weighted by Crippen LogP contribution is 2.21. The van der Waals surface area contributed by atoms with Crippen LogP contribution in [0.5, 0.6) is 0 Å². The highest BCUT2D eigenvalue weighted by molar-refractivity contribution is 6.29. The summed E-state index contributed by atoms with van der Waals surface area (Å²) in [6, 6.07) is 8.09. The van der Waals surface area contributed by atoms with Gasteiger partial charge in [0.25, 0.3) is 5.91 Å². The quantitative estimate of drug-likeness (QED) is 0.350. The number of amides is 1. The predicted molar refractivity (Wildman–Crippen MR) is 75.4 cm³/mol. The van der Waals surface area contributed by atoms with Crippen molar-refractivity contribution in [1.29, 1.82) is 0 Å². The molecule has 1 aromatic heterocycles. The van der Waals surface area contributed by atoms with Gasteiger partial charge in [0.2, 0.25) is 0 Å². The Labute approximate surface area is 119 Å². The van der Waals surface area contributed by atoms with Gasteiger partial charge in [-0.25, -0.2) is 0 Å². The molecular weight excluding hydrogens is 282 g/mol. The summed E-state index contributed by atoms with van der Waals surface area (Å²) in [6.45, 7) is 1.78. The number of benzene rings is 1. The minimum atomic E-state index is -0.477. The minimum absolute atomic E-state index is 0.0713. The standard InChI is InChI=1S/C13H12ClN3O3/c1-7-3-2-4-8(11(7)12(15)17-19)16-13(18)9-5-6-10(14)20-9/h2-6,19H,1H3,(H2,15,17)(H,16,18). The molecule has 4 N–H and O–H groups in total. The van der Waals surface area contributed by atoms with Crippen molar-refractivity contribution >= 4 is 29.0 Å². The number of halogens is 1. The molecule has 0 aliphatic carbocycles. The van der Waals surface area contributed by atoms with E-state index in [1.54, 1.807) is 25.1 Å². The van der Waals surface area contributed by atoms with Gasteiger partial charge in [-0.2, -0.15) is 0 Å². The van der Waals surface area contributed by atoms with E-state index < -0.39 is 5.91 Å². The summed E-state index contributed by atoms with van der Waals surface area (Å²) in [5.41, 5.74) is 7.24. The van der Waals surface area contributed by atoms with Crippen LogP contribution in [-0.2, 0) is 0 Å². The van der Waals surface area contributed by atoms with Crippen LogP contribution in [0, 0.1) is 6.92 Å². The van der Waals surface area contributed by atoms with Gasteiger partial charge in [-0.1, -0.05) is 17.3 Å². The number of anilines is 1. The Kier molecular flexibility index (Phi) is 3.95. The molecule has 0 fully saturated rings. The number of nitrogens with one attached hydrogen (secondary N) is 1. The molecule has 0 spiro atoms. The molecule has 0 radical (unpaired) electrons. The topological polar surface area (TPSA) is 101 Å². The van der Waals surface area contributed by atoms with E-state index in [-0.39, 0.29) is 16.8 Å².